The molecule has 0 radical (unpaired) electrons. The molecule has 0 unspecified atom stereocenters. The van der Waals surface area contributed by atoms with Crippen LogP contribution in [0.4, 0.5) is 10.5 Å². The number of fused-ring (bicyclic) bond motifs is 1. The monoisotopic (exact) mass is 509 g/mol. The Labute approximate surface area is 203 Å². The van der Waals surface area contributed by atoms with Gasteiger partial charge in [-0.05, 0) is 57.2 Å². The Bertz CT molecular complexity index is 1310. The van der Waals surface area contributed by atoms with E-state index in [1.165, 1.54) is 22.3 Å². The quantitative estimate of drug-likeness (QED) is 0.482. The third-order valence-corrected chi connectivity index (χ3v) is 7.48. The number of aromatic nitrogens is 1. The SMILES string of the molecule is CC(C)(C)OC(=O)N1CCN(c2cc(Cl)cc3c2ccn3S(=O)(=O)c2cccc(Cl)c2)CC1. The number of rotatable bonds is 3. The predicted octanol–water partition coefficient (Wildman–Crippen LogP) is 5.24. The number of ether oxygens (including phenoxy) is 1. The highest BCUT2D eigenvalue weighted by atomic mass is 35.5. The molecule has 3 aromatic rings. The smallest absolute Gasteiger partial charge is 0.410 e. The van der Waals surface area contributed by atoms with Crippen molar-refractivity contribution in [1.29, 1.82) is 0 Å². The molecule has 1 fully saturated rings. The Morgan fingerprint density at radius 1 is 0.970 bits per heavy atom. The summed E-state index contributed by atoms with van der Waals surface area (Å²) in [5.74, 6) is 0. The second-order valence-corrected chi connectivity index (χ2v) is 11.6. The molecular formula is C23H25Cl2N3O4S. The fourth-order valence-electron chi connectivity index (χ4n) is 3.83. The van der Waals surface area contributed by atoms with E-state index in [1.807, 2.05) is 26.8 Å². The molecule has 0 spiro atoms. The van der Waals surface area contributed by atoms with Crippen molar-refractivity contribution in [3.05, 3.63) is 58.7 Å². The molecule has 10 heteroatoms. The van der Waals surface area contributed by atoms with E-state index in [9.17, 15) is 13.2 Å². The highest BCUT2D eigenvalue weighted by Crippen LogP contribution is 2.34. The van der Waals surface area contributed by atoms with E-state index in [0.29, 0.717) is 41.7 Å². The van der Waals surface area contributed by atoms with Gasteiger partial charge in [0.15, 0.2) is 0 Å². The molecule has 176 valence electrons. The molecule has 4 rings (SSSR count). The van der Waals surface area contributed by atoms with Crippen molar-refractivity contribution in [2.24, 2.45) is 0 Å². The number of hydrogen-bond donors (Lipinski definition) is 0. The molecule has 0 atom stereocenters. The molecule has 2 aromatic carbocycles. The Morgan fingerprint density at radius 2 is 1.67 bits per heavy atom. The first-order valence-electron chi connectivity index (χ1n) is 10.5. The third kappa shape index (κ3) is 4.93. The summed E-state index contributed by atoms with van der Waals surface area (Å²) in [5, 5.41) is 1.53. The van der Waals surface area contributed by atoms with E-state index >= 15 is 0 Å². The number of benzene rings is 2. The lowest BCUT2D eigenvalue weighted by molar-refractivity contribution is 0.0240. The largest absolute Gasteiger partial charge is 0.444 e. The lowest BCUT2D eigenvalue weighted by atomic mass is 10.1. The van der Waals surface area contributed by atoms with E-state index in [4.69, 9.17) is 27.9 Å². The van der Waals surface area contributed by atoms with Gasteiger partial charge in [0.1, 0.15) is 5.60 Å². The van der Waals surface area contributed by atoms with Crippen LogP contribution >= 0.6 is 23.2 Å². The topological polar surface area (TPSA) is 71.8 Å². The zero-order valence-electron chi connectivity index (χ0n) is 18.6. The molecule has 1 aliphatic heterocycles. The molecule has 1 saturated heterocycles. The summed E-state index contributed by atoms with van der Waals surface area (Å²) in [4.78, 5) is 16.3. The van der Waals surface area contributed by atoms with E-state index < -0.39 is 15.6 Å². The van der Waals surface area contributed by atoms with Gasteiger partial charge in [0.25, 0.3) is 10.0 Å². The number of piperazine rings is 1. The van der Waals surface area contributed by atoms with Gasteiger partial charge in [-0.3, -0.25) is 0 Å². The fraction of sp³-hybridized carbons (Fsp3) is 0.348. The molecule has 1 aliphatic rings. The summed E-state index contributed by atoms with van der Waals surface area (Å²) in [7, 11) is -3.86. The van der Waals surface area contributed by atoms with E-state index in [2.05, 4.69) is 4.90 Å². The highest BCUT2D eigenvalue weighted by molar-refractivity contribution is 7.90. The van der Waals surface area contributed by atoms with Gasteiger partial charge in [0.2, 0.25) is 0 Å². The molecule has 7 nitrogen and oxygen atoms in total. The Balaban J connectivity index is 1.64. The molecule has 0 bridgehead atoms. The van der Waals surface area contributed by atoms with Gasteiger partial charge in [-0.15, -0.1) is 0 Å². The minimum Gasteiger partial charge on any atom is -0.444 e. The molecule has 0 aliphatic carbocycles. The standard InChI is InChI=1S/C23H25Cl2N3O4S/c1-23(2,3)32-22(29)27-11-9-26(10-12-27)20-14-17(25)15-21-19(20)7-8-28(21)33(30,31)18-6-4-5-16(24)13-18/h4-8,13-15H,9-12H2,1-3H3. The summed E-state index contributed by atoms with van der Waals surface area (Å²) < 4.78 is 33.3. The van der Waals surface area contributed by atoms with Crippen LogP contribution in [0, 0.1) is 0 Å². The first-order chi connectivity index (χ1) is 15.5. The summed E-state index contributed by atoms with van der Waals surface area (Å²) in [6.45, 7) is 7.64. The van der Waals surface area contributed by atoms with Crippen LogP contribution in [0.5, 0.6) is 0 Å². The molecule has 0 N–H and O–H groups in total. The number of amides is 1. The number of carbonyl (C=O) groups is 1. The molecular weight excluding hydrogens is 485 g/mol. The molecule has 0 saturated carbocycles. The van der Waals surface area contributed by atoms with Gasteiger partial charge >= 0.3 is 6.09 Å². The van der Waals surface area contributed by atoms with Gasteiger partial charge in [-0.25, -0.2) is 17.2 Å². The number of hydrogen-bond acceptors (Lipinski definition) is 5. The second kappa shape index (κ2) is 8.74. The average Bonchev–Trinajstić information content (AvgIpc) is 3.16. The maximum atomic E-state index is 13.3. The first-order valence-corrected chi connectivity index (χ1v) is 12.7. The van der Waals surface area contributed by atoms with Crippen LogP contribution in [0.15, 0.2) is 53.6 Å². The number of nitrogens with zero attached hydrogens (tertiary/aromatic N) is 3. The Morgan fingerprint density at radius 3 is 2.30 bits per heavy atom. The summed E-state index contributed by atoms with van der Waals surface area (Å²) in [6.07, 6.45) is 1.19. The number of halogens is 2. The molecule has 1 amide bonds. The van der Waals surface area contributed by atoms with Crippen LogP contribution in [0.1, 0.15) is 20.8 Å². The summed E-state index contributed by atoms with van der Waals surface area (Å²) in [6, 6.07) is 11.4. The highest BCUT2D eigenvalue weighted by Gasteiger charge is 2.28. The Hall–Kier alpha value is -2.42. The third-order valence-electron chi connectivity index (χ3n) is 5.34. The van der Waals surface area contributed by atoms with Crippen molar-refractivity contribution in [3.8, 4) is 0 Å². The normalized spacial score (nSPS) is 15.2. The van der Waals surface area contributed by atoms with Gasteiger partial charge in [0, 0.05) is 53.5 Å². The zero-order valence-corrected chi connectivity index (χ0v) is 20.9. The lowest BCUT2D eigenvalue weighted by Gasteiger charge is -2.37. The second-order valence-electron chi connectivity index (χ2n) is 8.89. The van der Waals surface area contributed by atoms with Crippen molar-refractivity contribution in [1.82, 2.24) is 8.87 Å². The molecule has 2 heterocycles. The van der Waals surface area contributed by atoms with Crippen LogP contribution < -0.4 is 4.90 Å². The maximum absolute atomic E-state index is 13.3. The maximum Gasteiger partial charge on any atom is 0.410 e. The summed E-state index contributed by atoms with van der Waals surface area (Å²) >= 11 is 12.4. The summed E-state index contributed by atoms with van der Waals surface area (Å²) in [5.41, 5.74) is 0.749. The van der Waals surface area contributed by atoms with Gasteiger partial charge in [0.05, 0.1) is 10.4 Å². The Kier molecular flexibility index (Phi) is 6.28. The van der Waals surface area contributed by atoms with Crippen LogP contribution in [0.25, 0.3) is 10.9 Å². The van der Waals surface area contributed by atoms with E-state index in [0.717, 1.165) is 11.1 Å². The minimum atomic E-state index is -3.86. The number of carbonyl (C=O) groups excluding carboxylic acids is 1. The fourth-order valence-corrected chi connectivity index (χ4v) is 5.68. The van der Waals surface area contributed by atoms with Gasteiger partial charge in [-0.1, -0.05) is 29.3 Å². The van der Waals surface area contributed by atoms with Crippen molar-refractivity contribution < 1.29 is 17.9 Å². The van der Waals surface area contributed by atoms with Crippen LogP contribution in [0.3, 0.4) is 0 Å². The van der Waals surface area contributed by atoms with Crippen LogP contribution in [-0.4, -0.2) is 55.2 Å². The molecule has 1 aromatic heterocycles. The van der Waals surface area contributed by atoms with Crippen molar-refractivity contribution in [3.63, 3.8) is 0 Å². The van der Waals surface area contributed by atoms with Crippen molar-refractivity contribution in [2.75, 3.05) is 31.1 Å². The van der Waals surface area contributed by atoms with Crippen molar-refractivity contribution in [2.45, 2.75) is 31.3 Å². The van der Waals surface area contributed by atoms with Crippen LogP contribution in [0.2, 0.25) is 10.0 Å². The van der Waals surface area contributed by atoms with Gasteiger partial charge in [-0.2, -0.15) is 0 Å². The zero-order chi connectivity index (χ0) is 24.0. The van der Waals surface area contributed by atoms with E-state index in [1.54, 1.807) is 29.2 Å². The van der Waals surface area contributed by atoms with E-state index in [-0.39, 0.29) is 11.0 Å². The van der Waals surface area contributed by atoms with Crippen LogP contribution in [-0.2, 0) is 14.8 Å². The minimum absolute atomic E-state index is 0.0972. The number of anilines is 1. The van der Waals surface area contributed by atoms with Gasteiger partial charge < -0.3 is 14.5 Å². The van der Waals surface area contributed by atoms with Crippen molar-refractivity contribution >= 4 is 55.9 Å². The predicted molar refractivity (Wildman–Crippen MR) is 131 cm³/mol. The lowest BCUT2D eigenvalue weighted by Crippen LogP contribution is -2.50. The average molecular weight is 510 g/mol. The molecule has 33 heavy (non-hydrogen) atoms. The first kappa shape index (κ1) is 23.7.